The number of benzene rings is 1. The molecule has 3 N–H and O–H groups in total. The van der Waals surface area contributed by atoms with Crippen molar-refractivity contribution < 1.29 is 9.18 Å². The van der Waals surface area contributed by atoms with Crippen molar-refractivity contribution in [3.05, 3.63) is 35.6 Å². The number of hydrogen-bond acceptors (Lipinski definition) is 2. The molecule has 0 spiro atoms. The van der Waals surface area contributed by atoms with E-state index < -0.39 is 0 Å². The first-order valence-electron chi connectivity index (χ1n) is 5.89. The maximum absolute atomic E-state index is 12.9. The lowest BCUT2D eigenvalue weighted by molar-refractivity contribution is -0.123. The summed E-state index contributed by atoms with van der Waals surface area (Å²) in [6, 6.07) is 6.11. The Bertz CT molecular complexity index is 410. The van der Waals surface area contributed by atoms with Crippen LogP contribution in [0.2, 0.25) is 0 Å². The van der Waals surface area contributed by atoms with Crippen LogP contribution >= 0.6 is 0 Å². The standard InChI is InChI=1S/C13H17FN2O/c14-11-4-1-3-10(7-11)8-12(17)16-13(9-15)5-2-6-13/h1,3-4,7H,2,5-6,8-9,15H2,(H,16,17). The van der Waals surface area contributed by atoms with Crippen molar-refractivity contribution in [2.45, 2.75) is 31.2 Å². The molecule has 4 heteroatoms. The molecule has 1 amide bonds. The lowest BCUT2D eigenvalue weighted by Crippen LogP contribution is -2.58. The van der Waals surface area contributed by atoms with E-state index in [2.05, 4.69) is 5.32 Å². The van der Waals surface area contributed by atoms with E-state index in [0.717, 1.165) is 19.3 Å². The molecule has 1 aliphatic rings. The molecule has 1 saturated carbocycles. The maximum atomic E-state index is 12.9. The van der Waals surface area contributed by atoms with Gasteiger partial charge >= 0.3 is 0 Å². The van der Waals surface area contributed by atoms with Gasteiger partial charge in [-0.3, -0.25) is 4.79 Å². The van der Waals surface area contributed by atoms with Gasteiger partial charge in [0, 0.05) is 6.54 Å². The average Bonchev–Trinajstić information content (AvgIpc) is 2.23. The highest BCUT2D eigenvalue weighted by Crippen LogP contribution is 2.30. The van der Waals surface area contributed by atoms with Crippen LogP contribution in [0.15, 0.2) is 24.3 Å². The summed E-state index contributed by atoms with van der Waals surface area (Å²) in [5, 5.41) is 2.96. The van der Waals surface area contributed by atoms with Crippen LogP contribution in [0.3, 0.4) is 0 Å². The zero-order valence-electron chi connectivity index (χ0n) is 9.71. The minimum Gasteiger partial charge on any atom is -0.349 e. The number of rotatable bonds is 4. The quantitative estimate of drug-likeness (QED) is 0.829. The van der Waals surface area contributed by atoms with Gasteiger partial charge in [-0.2, -0.15) is 0 Å². The molecule has 0 aromatic heterocycles. The highest BCUT2D eigenvalue weighted by molar-refractivity contribution is 5.79. The van der Waals surface area contributed by atoms with E-state index in [1.807, 2.05) is 0 Å². The molecule has 0 aliphatic heterocycles. The van der Waals surface area contributed by atoms with E-state index >= 15 is 0 Å². The topological polar surface area (TPSA) is 55.1 Å². The number of amides is 1. The fourth-order valence-electron chi connectivity index (χ4n) is 2.16. The zero-order chi connectivity index (χ0) is 12.3. The summed E-state index contributed by atoms with van der Waals surface area (Å²) in [6.07, 6.45) is 3.20. The van der Waals surface area contributed by atoms with Gasteiger partial charge in [0.15, 0.2) is 0 Å². The van der Waals surface area contributed by atoms with Crippen LogP contribution in [-0.4, -0.2) is 18.0 Å². The minimum atomic E-state index is -0.313. The molecule has 92 valence electrons. The molecule has 17 heavy (non-hydrogen) atoms. The Balaban J connectivity index is 1.93. The Morgan fingerprint density at radius 2 is 2.24 bits per heavy atom. The molecular weight excluding hydrogens is 219 g/mol. The zero-order valence-corrected chi connectivity index (χ0v) is 9.71. The van der Waals surface area contributed by atoms with Crippen molar-refractivity contribution in [2.75, 3.05) is 6.54 Å². The van der Waals surface area contributed by atoms with Crippen LogP contribution in [0, 0.1) is 5.82 Å². The van der Waals surface area contributed by atoms with Crippen molar-refractivity contribution in [1.29, 1.82) is 0 Å². The second-order valence-corrected chi connectivity index (χ2v) is 4.69. The van der Waals surface area contributed by atoms with Gasteiger partial charge in [-0.05, 0) is 37.0 Å². The van der Waals surface area contributed by atoms with Gasteiger partial charge in [0.1, 0.15) is 5.82 Å². The molecule has 0 atom stereocenters. The highest BCUT2D eigenvalue weighted by Gasteiger charge is 2.36. The summed E-state index contributed by atoms with van der Waals surface area (Å²) in [4.78, 5) is 11.8. The minimum absolute atomic E-state index is 0.0826. The van der Waals surface area contributed by atoms with Crippen LogP contribution in [0.1, 0.15) is 24.8 Å². The summed E-state index contributed by atoms with van der Waals surface area (Å²) in [6.45, 7) is 0.474. The number of nitrogens with one attached hydrogen (secondary N) is 1. The van der Waals surface area contributed by atoms with Gasteiger partial charge in [0.2, 0.25) is 5.91 Å². The molecule has 0 radical (unpaired) electrons. The average molecular weight is 236 g/mol. The highest BCUT2D eigenvalue weighted by atomic mass is 19.1. The van der Waals surface area contributed by atoms with Crippen molar-refractivity contribution in [3.8, 4) is 0 Å². The molecule has 1 aliphatic carbocycles. The number of nitrogens with two attached hydrogens (primary N) is 1. The molecule has 0 heterocycles. The van der Waals surface area contributed by atoms with Crippen LogP contribution < -0.4 is 11.1 Å². The van der Waals surface area contributed by atoms with Crippen LogP contribution in [-0.2, 0) is 11.2 Å². The van der Waals surface area contributed by atoms with Gasteiger partial charge < -0.3 is 11.1 Å². The molecule has 1 fully saturated rings. The summed E-state index contributed by atoms with van der Waals surface area (Å²) >= 11 is 0. The third kappa shape index (κ3) is 2.82. The lowest BCUT2D eigenvalue weighted by atomic mass is 9.76. The molecular formula is C13H17FN2O. The van der Waals surface area contributed by atoms with Crippen LogP contribution in [0.4, 0.5) is 4.39 Å². The third-order valence-electron chi connectivity index (χ3n) is 3.36. The molecule has 0 saturated heterocycles. The number of hydrogen-bond donors (Lipinski definition) is 2. The van der Waals surface area contributed by atoms with Gasteiger partial charge in [0.25, 0.3) is 0 Å². The fourth-order valence-corrected chi connectivity index (χ4v) is 2.16. The Kier molecular flexibility index (Phi) is 3.43. The molecule has 0 bridgehead atoms. The molecule has 3 nitrogen and oxygen atoms in total. The van der Waals surface area contributed by atoms with Crippen LogP contribution in [0.25, 0.3) is 0 Å². The number of carbonyl (C=O) groups excluding carboxylic acids is 1. The Morgan fingerprint density at radius 1 is 1.47 bits per heavy atom. The SMILES string of the molecule is NCC1(NC(=O)Cc2cccc(F)c2)CCC1. The first kappa shape index (κ1) is 12.0. The van der Waals surface area contributed by atoms with E-state index in [1.54, 1.807) is 12.1 Å². The fraction of sp³-hybridized carbons (Fsp3) is 0.462. The van der Waals surface area contributed by atoms with Crippen molar-refractivity contribution in [1.82, 2.24) is 5.32 Å². The van der Waals surface area contributed by atoms with Gasteiger partial charge in [0.05, 0.1) is 12.0 Å². The van der Waals surface area contributed by atoms with E-state index in [-0.39, 0.29) is 23.7 Å². The second-order valence-electron chi connectivity index (χ2n) is 4.69. The van der Waals surface area contributed by atoms with Crippen molar-refractivity contribution >= 4 is 5.91 Å². The summed E-state index contributed by atoms with van der Waals surface area (Å²) in [7, 11) is 0. The third-order valence-corrected chi connectivity index (χ3v) is 3.36. The molecule has 2 rings (SSSR count). The number of halogens is 1. The largest absolute Gasteiger partial charge is 0.349 e. The van der Waals surface area contributed by atoms with Crippen molar-refractivity contribution in [2.24, 2.45) is 5.73 Å². The summed E-state index contributed by atoms with van der Waals surface area (Å²) in [5.41, 5.74) is 6.14. The maximum Gasteiger partial charge on any atom is 0.224 e. The smallest absolute Gasteiger partial charge is 0.224 e. The van der Waals surface area contributed by atoms with E-state index in [1.165, 1.54) is 12.1 Å². The lowest BCUT2D eigenvalue weighted by Gasteiger charge is -2.41. The van der Waals surface area contributed by atoms with Crippen molar-refractivity contribution in [3.63, 3.8) is 0 Å². The normalized spacial score (nSPS) is 17.3. The Hall–Kier alpha value is -1.42. The molecule has 1 aromatic carbocycles. The van der Waals surface area contributed by atoms with E-state index in [0.29, 0.717) is 12.1 Å². The van der Waals surface area contributed by atoms with Crippen LogP contribution in [0.5, 0.6) is 0 Å². The predicted octanol–water partition coefficient (Wildman–Crippen LogP) is 1.37. The summed E-state index contributed by atoms with van der Waals surface area (Å²) < 4.78 is 12.9. The van der Waals surface area contributed by atoms with Gasteiger partial charge in [-0.15, -0.1) is 0 Å². The Morgan fingerprint density at radius 3 is 2.76 bits per heavy atom. The predicted molar refractivity (Wildman–Crippen MR) is 63.9 cm³/mol. The first-order chi connectivity index (χ1) is 8.13. The van der Waals surface area contributed by atoms with E-state index in [4.69, 9.17) is 5.73 Å². The van der Waals surface area contributed by atoms with E-state index in [9.17, 15) is 9.18 Å². The summed E-state index contributed by atoms with van der Waals surface area (Å²) in [5.74, 6) is -0.395. The van der Waals surface area contributed by atoms with Gasteiger partial charge in [-0.25, -0.2) is 4.39 Å². The molecule has 1 aromatic rings. The Labute approximate surface area is 100 Å². The molecule has 0 unspecified atom stereocenters. The number of carbonyl (C=O) groups is 1. The second kappa shape index (κ2) is 4.84. The first-order valence-corrected chi connectivity index (χ1v) is 5.89. The monoisotopic (exact) mass is 236 g/mol. The van der Waals surface area contributed by atoms with Gasteiger partial charge in [-0.1, -0.05) is 12.1 Å².